The first kappa shape index (κ1) is 27.7. The third kappa shape index (κ3) is 6.94. The van der Waals surface area contributed by atoms with Gasteiger partial charge in [0.25, 0.3) is 0 Å². The highest BCUT2D eigenvalue weighted by Crippen LogP contribution is 2.36. The quantitative estimate of drug-likeness (QED) is 0.477. The summed E-state index contributed by atoms with van der Waals surface area (Å²) in [6.07, 6.45) is 14.8. The molecule has 2 aromatic heterocycles. The lowest BCUT2D eigenvalue weighted by Crippen LogP contribution is -2.56. The number of aliphatic imine (C=N–C) groups is 1. The molecule has 2 aliphatic carbocycles. The van der Waals surface area contributed by atoms with E-state index in [4.69, 9.17) is 18.3 Å². The number of nitrogens with zero attached hydrogens (tertiary/aromatic N) is 1. The normalized spacial score (nSPS) is 19.6. The van der Waals surface area contributed by atoms with Gasteiger partial charge in [-0.25, -0.2) is 14.6 Å². The Kier molecular flexibility index (Phi) is 9.42. The standard InChI is InChI=1S/C15H21NO4.C14H17NO3/c1-19-14(18)15(9-3-2-4-10-15)16-13(17)8-7-12-6-5-11-20-12;16-13-14(8-2-1-3-9-14)15-12(18-13)7-6-11-5-4-10-17-11/h5-6,11H,2-4,7-10H2,1H3,(H,16,17);4-5,10H,1-3,6-9H2. The van der Waals surface area contributed by atoms with E-state index in [-0.39, 0.29) is 17.8 Å². The molecule has 2 fully saturated rings. The molecule has 1 aliphatic heterocycles. The number of hydrogen-bond donors (Lipinski definition) is 1. The van der Waals surface area contributed by atoms with Crippen molar-refractivity contribution < 1.29 is 32.7 Å². The molecule has 5 rings (SSSR count). The highest BCUT2D eigenvalue weighted by molar-refractivity contribution is 6.00. The number of methoxy groups -OCH3 is 1. The summed E-state index contributed by atoms with van der Waals surface area (Å²) in [7, 11) is 1.37. The van der Waals surface area contributed by atoms with Gasteiger partial charge in [-0.3, -0.25) is 4.79 Å². The zero-order valence-corrected chi connectivity index (χ0v) is 22.2. The molecule has 38 heavy (non-hydrogen) atoms. The van der Waals surface area contributed by atoms with Crippen molar-refractivity contribution in [3.63, 3.8) is 0 Å². The zero-order valence-electron chi connectivity index (χ0n) is 22.2. The molecule has 1 spiro atoms. The Balaban J connectivity index is 0.000000178. The minimum atomic E-state index is -0.826. The average Bonchev–Trinajstić information content (AvgIpc) is 3.71. The predicted molar refractivity (Wildman–Crippen MR) is 139 cm³/mol. The van der Waals surface area contributed by atoms with Crippen LogP contribution in [-0.4, -0.2) is 41.9 Å². The van der Waals surface area contributed by atoms with Crippen molar-refractivity contribution in [2.24, 2.45) is 4.99 Å². The molecule has 2 saturated carbocycles. The first-order chi connectivity index (χ1) is 18.4. The maximum Gasteiger partial charge on any atom is 0.340 e. The van der Waals surface area contributed by atoms with Crippen molar-refractivity contribution in [2.45, 2.75) is 101 Å². The molecule has 0 bridgehead atoms. The third-order valence-electron chi connectivity index (χ3n) is 7.62. The van der Waals surface area contributed by atoms with Gasteiger partial charge in [-0.2, -0.15) is 0 Å². The summed E-state index contributed by atoms with van der Waals surface area (Å²) in [6, 6.07) is 7.42. The van der Waals surface area contributed by atoms with Crippen LogP contribution in [0.2, 0.25) is 0 Å². The van der Waals surface area contributed by atoms with Gasteiger partial charge in [0.15, 0.2) is 11.4 Å². The van der Waals surface area contributed by atoms with Crippen molar-refractivity contribution >= 4 is 23.7 Å². The van der Waals surface area contributed by atoms with Gasteiger partial charge in [-0.15, -0.1) is 0 Å². The van der Waals surface area contributed by atoms with Crippen molar-refractivity contribution in [1.29, 1.82) is 0 Å². The van der Waals surface area contributed by atoms with Crippen molar-refractivity contribution in [3.05, 3.63) is 48.3 Å². The van der Waals surface area contributed by atoms with E-state index in [0.29, 0.717) is 38.0 Å². The number of furan rings is 2. The second kappa shape index (κ2) is 12.9. The van der Waals surface area contributed by atoms with Crippen molar-refractivity contribution in [1.82, 2.24) is 5.32 Å². The van der Waals surface area contributed by atoms with E-state index in [0.717, 1.165) is 62.9 Å². The smallest absolute Gasteiger partial charge is 0.340 e. The Hall–Kier alpha value is -3.36. The van der Waals surface area contributed by atoms with Crippen molar-refractivity contribution in [3.8, 4) is 0 Å². The van der Waals surface area contributed by atoms with Crippen LogP contribution in [0.1, 0.15) is 88.6 Å². The van der Waals surface area contributed by atoms with Crippen LogP contribution < -0.4 is 5.32 Å². The van der Waals surface area contributed by atoms with Crippen LogP contribution in [0.5, 0.6) is 0 Å². The maximum absolute atomic E-state index is 12.1. The predicted octanol–water partition coefficient (Wildman–Crippen LogP) is 5.07. The van der Waals surface area contributed by atoms with Gasteiger partial charge in [0.1, 0.15) is 17.1 Å². The van der Waals surface area contributed by atoms with Crippen LogP contribution in [0.4, 0.5) is 0 Å². The second-order valence-electron chi connectivity index (χ2n) is 10.3. The van der Waals surface area contributed by atoms with Gasteiger partial charge in [-0.05, 0) is 49.9 Å². The fourth-order valence-electron chi connectivity index (χ4n) is 5.51. The summed E-state index contributed by atoms with van der Waals surface area (Å²) in [5.74, 6) is 1.65. The van der Waals surface area contributed by atoms with E-state index in [2.05, 4.69) is 10.3 Å². The molecular formula is C29H38N2O7. The molecule has 0 radical (unpaired) electrons. The first-order valence-corrected chi connectivity index (χ1v) is 13.7. The van der Waals surface area contributed by atoms with Gasteiger partial charge in [0.2, 0.25) is 5.91 Å². The summed E-state index contributed by atoms with van der Waals surface area (Å²) >= 11 is 0. The second-order valence-corrected chi connectivity index (χ2v) is 10.3. The molecule has 9 heteroatoms. The Bertz CT molecular complexity index is 1080. The van der Waals surface area contributed by atoms with Crippen LogP contribution in [0.15, 0.2) is 50.6 Å². The molecule has 0 aromatic carbocycles. The van der Waals surface area contributed by atoms with E-state index >= 15 is 0 Å². The Morgan fingerprint density at radius 1 is 0.895 bits per heavy atom. The van der Waals surface area contributed by atoms with Gasteiger partial charge >= 0.3 is 11.9 Å². The number of carbonyl (C=O) groups excluding carboxylic acids is 3. The number of cyclic esters (lactones) is 1. The molecule has 9 nitrogen and oxygen atoms in total. The molecule has 0 atom stereocenters. The Labute approximate surface area is 223 Å². The van der Waals surface area contributed by atoms with Crippen molar-refractivity contribution in [2.75, 3.05) is 7.11 Å². The highest BCUT2D eigenvalue weighted by atomic mass is 16.6. The lowest BCUT2D eigenvalue weighted by Gasteiger charge is -2.35. The molecule has 3 aliphatic rings. The minimum absolute atomic E-state index is 0.131. The molecular weight excluding hydrogens is 488 g/mol. The minimum Gasteiger partial charge on any atom is -0.469 e. The highest BCUT2D eigenvalue weighted by Gasteiger charge is 2.46. The summed E-state index contributed by atoms with van der Waals surface area (Å²) in [4.78, 5) is 40.6. The van der Waals surface area contributed by atoms with E-state index in [9.17, 15) is 14.4 Å². The summed E-state index contributed by atoms with van der Waals surface area (Å²) in [5.41, 5.74) is -1.37. The number of nitrogens with one attached hydrogen (secondary N) is 1. The van der Waals surface area contributed by atoms with E-state index in [1.165, 1.54) is 13.5 Å². The van der Waals surface area contributed by atoms with Crippen LogP contribution in [0.25, 0.3) is 0 Å². The molecule has 1 amide bonds. The van der Waals surface area contributed by atoms with Gasteiger partial charge in [-0.1, -0.05) is 38.5 Å². The number of amides is 1. The fraction of sp³-hybridized carbons (Fsp3) is 0.586. The lowest BCUT2D eigenvalue weighted by atomic mass is 9.81. The number of ether oxygens (including phenoxy) is 2. The van der Waals surface area contributed by atoms with Crippen LogP contribution in [0, 0.1) is 0 Å². The van der Waals surface area contributed by atoms with Gasteiger partial charge in [0.05, 0.1) is 19.6 Å². The van der Waals surface area contributed by atoms with E-state index in [1.54, 1.807) is 18.6 Å². The molecule has 0 unspecified atom stereocenters. The first-order valence-electron chi connectivity index (χ1n) is 13.7. The largest absolute Gasteiger partial charge is 0.469 e. The SMILES string of the molecule is COC(=O)C1(NC(=O)CCc2ccco2)CCCCC1.O=C1OC(CCc2ccco2)=NC12CCCCC2. The maximum atomic E-state index is 12.1. The van der Waals surface area contributed by atoms with E-state index < -0.39 is 11.1 Å². The average molecular weight is 527 g/mol. The Morgan fingerprint density at radius 2 is 1.50 bits per heavy atom. The molecule has 1 N–H and O–H groups in total. The summed E-state index contributed by atoms with van der Waals surface area (Å²) in [5, 5.41) is 2.89. The van der Waals surface area contributed by atoms with Crippen LogP contribution in [-0.2, 0) is 36.7 Å². The monoisotopic (exact) mass is 526 g/mol. The summed E-state index contributed by atoms with van der Waals surface area (Å²) < 4.78 is 20.7. The van der Waals surface area contributed by atoms with Gasteiger partial charge < -0.3 is 23.6 Å². The summed E-state index contributed by atoms with van der Waals surface area (Å²) in [6.45, 7) is 0. The Morgan fingerprint density at radius 3 is 2.08 bits per heavy atom. The van der Waals surface area contributed by atoms with Crippen LogP contribution in [0.3, 0.4) is 0 Å². The molecule has 3 heterocycles. The van der Waals surface area contributed by atoms with Gasteiger partial charge in [0, 0.05) is 25.7 Å². The fourth-order valence-corrected chi connectivity index (χ4v) is 5.51. The third-order valence-corrected chi connectivity index (χ3v) is 7.62. The molecule has 2 aromatic rings. The number of hydrogen-bond acceptors (Lipinski definition) is 8. The number of rotatable bonds is 8. The van der Waals surface area contributed by atoms with Crippen LogP contribution >= 0.6 is 0 Å². The lowest BCUT2D eigenvalue weighted by molar-refractivity contribution is -0.152. The molecule has 206 valence electrons. The number of carbonyl (C=O) groups is 3. The molecule has 0 saturated heterocycles. The number of aryl methyl sites for hydroxylation is 2. The zero-order chi connectivity index (χ0) is 26.8. The van der Waals surface area contributed by atoms with E-state index in [1.807, 2.05) is 18.2 Å². The number of esters is 2. The topological polar surface area (TPSA) is 120 Å².